The molecule has 5 rings (SSSR count). The van der Waals surface area contributed by atoms with Gasteiger partial charge in [-0.05, 0) is 86.0 Å². The van der Waals surface area contributed by atoms with Gasteiger partial charge in [0.15, 0.2) is 0 Å². The van der Waals surface area contributed by atoms with Gasteiger partial charge < -0.3 is 19.7 Å². The second-order valence-electron chi connectivity index (χ2n) is 9.78. The zero-order valence-electron chi connectivity index (χ0n) is 22.8. The molecule has 40 heavy (non-hydrogen) atoms. The standard InChI is InChI=1S/C29H32N6O4S/c1-18-12-21(32-24(13-18)23-5-4-22(38-2)15-25(23)39-3)17-30-16-19-7-10-35(11-8-19)28-31-9-6-20(33-28)14-26-27(36)34-29(37)40-26/h4-6,9,12-15,19,30H,7-8,10-11,16-17H2,1-3H3,(H,34,36,37). The van der Waals surface area contributed by atoms with Gasteiger partial charge in [0.1, 0.15) is 11.5 Å². The van der Waals surface area contributed by atoms with Gasteiger partial charge in [0.05, 0.1) is 36.2 Å². The molecule has 2 aromatic heterocycles. The number of benzene rings is 1. The molecule has 1 aromatic carbocycles. The molecule has 0 atom stereocenters. The Morgan fingerprint density at radius 1 is 1.10 bits per heavy atom. The lowest BCUT2D eigenvalue weighted by Gasteiger charge is -2.32. The van der Waals surface area contributed by atoms with Gasteiger partial charge in [0.25, 0.3) is 11.1 Å². The number of thioether (sulfide) groups is 1. The van der Waals surface area contributed by atoms with Crippen molar-refractivity contribution in [3.8, 4) is 22.8 Å². The Labute approximate surface area is 237 Å². The summed E-state index contributed by atoms with van der Waals surface area (Å²) >= 11 is 0.885. The summed E-state index contributed by atoms with van der Waals surface area (Å²) in [5.74, 6) is 2.26. The number of imide groups is 1. The van der Waals surface area contributed by atoms with E-state index in [-0.39, 0.29) is 11.1 Å². The molecule has 4 heterocycles. The molecule has 208 valence electrons. The van der Waals surface area contributed by atoms with E-state index in [1.165, 1.54) is 0 Å². The van der Waals surface area contributed by atoms with Crippen molar-refractivity contribution >= 4 is 34.9 Å². The van der Waals surface area contributed by atoms with Crippen LogP contribution in [0.2, 0.25) is 0 Å². The summed E-state index contributed by atoms with van der Waals surface area (Å²) in [6.07, 6.45) is 5.35. The Hall–Kier alpha value is -3.96. The van der Waals surface area contributed by atoms with Crippen LogP contribution in [0.1, 0.15) is 29.8 Å². The van der Waals surface area contributed by atoms with Gasteiger partial charge in [-0.15, -0.1) is 0 Å². The Morgan fingerprint density at radius 3 is 2.65 bits per heavy atom. The van der Waals surface area contributed by atoms with Crippen LogP contribution in [0.4, 0.5) is 10.7 Å². The Kier molecular flexibility index (Phi) is 8.61. The number of aryl methyl sites for hydroxylation is 1. The van der Waals surface area contributed by atoms with E-state index in [0.29, 0.717) is 29.0 Å². The molecule has 2 fully saturated rings. The van der Waals surface area contributed by atoms with Gasteiger partial charge in [-0.1, -0.05) is 0 Å². The van der Waals surface area contributed by atoms with Crippen molar-refractivity contribution in [3.63, 3.8) is 0 Å². The summed E-state index contributed by atoms with van der Waals surface area (Å²) in [4.78, 5) is 39.7. The second-order valence-corrected chi connectivity index (χ2v) is 10.8. The average Bonchev–Trinajstić information content (AvgIpc) is 3.28. The molecule has 2 saturated heterocycles. The van der Waals surface area contributed by atoms with E-state index < -0.39 is 0 Å². The maximum absolute atomic E-state index is 11.8. The molecule has 0 spiro atoms. The first-order chi connectivity index (χ1) is 19.4. The number of carbonyl (C=O) groups excluding carboxylic acids is 2. The van der Waals surface area contributed by atoms with Gasteiger partial charge in [0, 0.05) is 37.5 Å². The molecule has 2 amide bonds. The largest absolute Gasteiger partial charge is 0.497 e. The zero-order chi connectivity index (χ0) is 28.1. The summed E-state index contributed by atoms with van der Waals surface area (Å²) in [5.41, 5.74) is 4.55. The average molecular weight is 561 g/mol. The third-order valence-corrected chi connectivity index (χ3v) is 7.74. The number of carbonyl (C=O) groups is 2. The summed E-state index contributed by atoms with van der Waals surface area (Å²) in [6.45, 7) is 5.36. The van der Waals surface area contributed by atoms with E-state index in [0.717, 1.165) is 78.3 Å². The van der Waals surface area contributed by atoms with Gasteiger partial charge in [-0.3, -0.25) is 19.9 Å². The minimum Gasteiger partial charge on any atom is -0.497 e. The highest BCUT2D eigenvalue weighted by Gasteiger charge is 2.26. The SMILES string of the molecule is COc1ccc(-c2cc(C)cc(CNCC3CCN(c4nccc(C=C5SC(=O)NC5=O)n4)CC3)n2)c(OC)c1. The third kappa shape index (κ3) is 6.60. The summed E-state index contributed by atoms with van der Waals surface area (Å²) in [6, 6.07) is 11.7. The van der Waals surface area contributed by atoms with Crippen LogP contribution >= 0.6 is 11.8 Å². The van der Waals surface area contributed by atoms with E-state index in [1.54, 1.807) is 32.6 Å². The second kappa shape index (κ2) is 12.5. The van der Waals surface area contributed by atoms with Crippen molar-refractivity contribution in [1.82, 2.24) is 25.6 Å². The Bertz CT molecular complexity index is 1440. The number of nitrogens with zero attached hydrogens (tertiary/aromatic N) is 4. The van der Waals surface area contributed by atoms with Crippen molar-refractivity contribution in [2.75, 3.05) is 38.8 Å². The van der Waals surface area contributed by atoms with Gasteiger partial charge in [-0.25, -0.2) is 9.97 Å². The number of methoxy groups -OCH3 is 2. The summed E-state index contributed by atoms with van der Waals surface area (Å²) in [7, 11) is 3.29. The van der Waals surface area contributed by atoms with Gasteiger partial charge in [0.2, 0.25) is 5.95 Å². The van der Waals surface area contributed by atoms with E-state index >= 15 is 0 Å². The zero-order valence-corrected chi connectivity index (χ0v) is 23.6. The molecule has 10 nitrogen and oxygen atoms in total. The van der Waals surface area contributed by atoms with Crippen LogP contribution in [0.15, 0.2) is 47.5 Å². The number of hydrogen-bond donors (Lipinski definition) is 2. The van der Waals surface area contributed by atoms with Crippen molar-refractivity contribution in [2.24, 2.45) is 5.92 Å². The first-order valence-corrected chi connectivity index (χ1v) is 14.0. The van der Waals surface area contributed by atoms with Crippen LogP contribution in [-0.2, 0) is 11.3 Å². The molecular weight excluding hydrogens is 528 g/mol. The lowest BCUT2D eigenvalue weighted by molar-refractivity contribution is -0.115. The summed E-state index contributed by atoms with van der Waals surface area (Å²) < 4.78 is 10.9. The van der Waals surface area contributed by atoms with Crippen LogP contribution in [0.3, 0.4) is 0 Å². The number of rotatable bonds is 9. The van der Waals surface area contributed by atoms with Crippen LogP contribution in [0.5, 0.6) is 11.5 Å². The number of hydrogen-bond acceptors (Lipinski definition) is 10. The van der Waals surface area contributed by atoms with Crippen molar-refractivity contribution in [1.29, 1.82) is 0 Å². The highest BCUT2D eigenvalue weighted by molar-refractivity contribution is 8.18. The number of nitrogens with one attached hydrogen (secondary N) is 2. The third-order valence-electron chi connectivity index (χ3n) is 6.93. The first-order valence-electron chi connectivity index (χ1n) is 13.2. The van der Waals surface area contributed by atoms with E-state index in [4.69, 9.17) is 14.5 Å². The Balaban J connectivity index is 1.15. The van der Waals surface area contributed by atoms with E-state index in [2.05, 4.69) is 44.6 Å². The molecule has 3 aromatic rings. The lowest BCUT2D eigenvalue weighted by Crippen LogP contribution is -2.38. The quantitative estimate of drug-likeness (QED) is 0.369. The number of ether oxygens (including phenoxy) is 2. The predicted molar refractivity (Wildman–Crippen MR) is 155 cm³/mol. The molecule has 0 unspecified atom stereocenters. The maximum atomic E-state index is 11.8. The molecule has 0 saturated carbocycles. The maximum Gasteiger partial charge on any atom is 0.290 e. The van der Waals surface area contributed by atoms with Crippen LogP contribution in [-0.4, -0.2) is 60.0 Å². The molecule has 0 aliphatic carbocycles. The minimum atomic E-state index is -0.388. The number of piperidine rings is 1. The monoisotopic (exact) mass is 560 g/mol. The molecule has 2 aliphatic rings. The Morgan fingerprint density at radius 2 is 1.93 bits per heavy atom. The number of anilines is 1. The molecular formula is C29H32N6O4S. The minimum absolute atomic E-state index is 0.345. The molecule has 0 bridgehead atoms. The highest BCUT2D eigenvalue weighted by atomic mass is 32.2. The van der Waals surface area contributed by atoms with Crippen LogP contribution in [0.25, 0.3) is 17.3 Å². The topological polar surface area (TPSA) is 119 Å². The van der Waals surface area contributed by atoms with E-state index in [1.807, 2.05) is 18.2 Å². The number of amides is 2. The van der Waals surface area contributed by atoms with E-state index in [9.17, 15) is 9.59 Å². The fourth-order valence-corrected chi connectivity index (χ4v) is 5.54. The van der Waals surface area contributed by atoms with Crippen LogP contribution < -0.4 is 25.0 Å². The first kappa shape index (κ1) is 27.6. The highest BCUT2D eigenvalue weighted by Crippen LogP contribution is 2.33. The van der Waals surface area contributed by atoms with Crippen LogP contribution in [0, 0.1) is 12.8 Å². The molecule has 2 N–H and O–H groups in total. The fourth-order valence-electron chi connectivity index (χ4n) is 4.87. The fraction of sp³-hybridized carbons (Fsp3) is 0.345. The normalized spacial score (nSPS) is 16.9. The number of aromatic nitrogens is 3. The van der Waals surface area contributed by atoms with Crippen molar-refractivity contribution in [3.05, 3.63) is 64.5 Å². The number of pyridine rings is 1. The van der Waals surface area contributed by atoms with Crippen molar-refractivity contribution < 1.29 is 19.1 Å². The lowest BCUT2D eigenvalue weighted by atomic mass is 9.97. The molecule has 2 aliphatic heterocycles. The molecule has 0 radical (unpaired) electrons. The predicted octanol–water partition coefficient (Wildman–Crippen LogP) is 4.19. The van der Waals surface area contributed by atoms with Gasteiger partial charge >= 0.3 is 0 Å². The van der Waals surface area contributed by atoms with Gasteiger partial charge in [-0.2, -0.15) is 0 Å². The summed E-state index contributed by atoms with van der Waals surface area (Å²) in [5, 5.41) is 5.50. The van der Waals surface area contributed by atoms with Crippen molar-refractivity contribution in [2.45, 2.75) is 26.3 Å². The smallest absolute Gasteiger partial charge is 0.290 e. The molecule has 11 heteroatoms.